The van der Waals surface area contributed by atoms with Crippen molar-refractivity contribution in [1.82, 2.24) is 0 Å². The minimum absolute atomic E-state index is 0.155. The molecule has 0 rings (SSSR count). The third-order valence-electron chi connectivity index (χ3n) is 2.89. The molecule has 88 valence electrons. The number of rotatable bonds is 8. The lowest BCUT2D eigenvalue weighted by atomic mass is 9.97. The van der Waals surface area contributed by atoms with Gasteiger partial charge >= 0.3 is 5.97 Å². The van der Waals surface area contributed by atoms with Crippen LogP contribution in [0, 0.1) is 11.8 Å². The summed E-state index contributed by atoms with van der Waals surface area (Å²) in [4.78, 5) is 21.4. The molecule has 0 aliphatic carbocycles. The average Bonchev–Trinajstić information content (AvgIpc) is 2.16. The Morgan fingerprint density at radius 1 is 1.00 bits per heavy atom. The quantitative estimate of drug-likeness (QED) is 0.632. The van der Waals surface area contributed by atoms with Crippen LogP contribution in [0.5, 0.6) is 0 Å². The highest BCUT2D eigenvalue weighted by Crippen LogP contribution is 2.14. The summed E-state index contributed by atoms with van der Waals surface area (Å²) in [6.07, 6.45) is 4.65. The van der Waals surface area contributed by atoms with Crippen LogP contribution in [0.1, 0.15) is 52.9 Å². The molecular formula is C12H22O3. The monoisotopic (exact) mass is 214 g/mol. The molecule has 0 aromatic heterocycles. The van der Waals surface area contributed by atoms with Crippen molar-refractivity contribution in [2.24, 2.45) is 11.8 Å². The summed E-state index contributed by atoms with van der Waals surface area (Å²) >= 11 is 0. The average molecular weight is 214 g/mol. The molecule has 0 fully saturated rings. The van der Waals surface area contributed by atoms with E-state index in [0.717, 1.165) is 32.1 Å². The van der Waals surface area contributed by atoms with Crippen LogP contribution in [-0.4, -0.2) is 16.9 Å². The van der Waals surface area contributed by atoms with Gasteiger partial charge < -0.3 is 5.11 Å². The highest BCUT2D eigenvalue weighted by Gasteiger charge is 2.10. The van der Waals surface area contributed by atoms with Crippen molar-refractivity contribution >= 4 is 11.8 Å². The van der Waals surface area contributed by atoms with E-state index in [2.05, 4.69) is 0 Å². The molecule has 0 amide bonds. The van der Waals surface area contributed by atoms with E-state index in [9.17, 15) is 9.59 Å². The first-order valence-electron chi connectivity index (χ1n) is 5.68. The third kappa shape index (κ3) is 7.11. The number of unbranched alkanes of at least 4 members (excludes halogenated alkanes) is 2. The second-order valence-electron chi connectivity index (χ2n) is 4.39. The molecule has 15 heavy (non-hydrogen) atoms. The molecule has 0 heterocycles. The van der Waals surface area contributed by atoms with E-state index in [1.165, 1.54) is 0 Å². The molecule has 0 bridgehead atoms. The van der Waals surface area contributed by atoms with Crippen LogP contribution < -0.4 is 0 Å². The minimum atomic E-state index is -0.716. The number of ketones is 1. The molecule has 1 N–H and O–H groups in total. The van der Waals surface area contributed by atoms with Crippen molar-refractivity contribution in [3.63, 3.8) is 0 Å². The van der Waals surface area contributed by atoms with Crippen LogP contribution >= 0.6 is 0 Å². The van der Waals surface area contributed by atoms with Gasteiger partial charge in [-0.3, -0.25) is 9.59 Å². The molecule has 0 saturated heterocycles. The maximum Gasteiger partial charge on any atom is 0.306 e. The predicted octanol–water partition coefficient (Wildman–Crippen LogP) is 2.88. The summed E-state index contributed by atoms with van der Waals surface area (Å²) in [6.45, 7) is 5.31. The number of carbonyl (C=O) groups is 2. The Bertz CT molecular complexity index is 189. The summed E-state index contributed by atoms with van der Waals surface area (Å²) in [5.41, 5.74) is 0. The van der Waals surface area contributed by atoms with E-state index in [4.69, 9.17) is 5.11 Å². The standard InChI is InChI=1S/C12H22O3/c1-9(11(3)13)7-5-4-6-8-10(2)12(14)15/h9-10H,4-8H2,1-3H3,(H,14,15). The van der Waals surface area contributed by atoms with Crippen LogP contribution in [0.2, 0.25) is 0 Å². The van der Waals surface area contributed by atoms with E-state index in [1.807, 2.05) is 6.92 Å². The Morgan fingerprint density at radius 2 is 1.47 bits per heavy atom. The normalized spacial score (nSPS) is 14.6. The number of Topliss-reactive ketones (excluding diaryl/α,β-unsaturated/α-hetero) is 1. The van der Waals surface area contributed by atoms with Gasteiger partial charge in [0.05, 0.1) is 5.92 Å². The maximum atomic E-state index is 10.9. The van der Waals surface area contributed by atoms with Crippen LogP contribution in [-0.2, 0) is 9.59 Å². The Balaban J connectivity index is 3.40. The lowest BCUT2D eigenvalue weighted by Crippen LogP contribution is -2.09. The maximum absolute atomic E-state index is 10.9. The smallest absolute Gasteiger partial charge is 0.306 e. The van der Waals surface area contributed by atoms with Crippen molar-refractivity contribution in [3.8, 4) is 0 Å². The van der Waals surface area contributed by atoms with E-state index in [1.54, 1.807) is 13.8 Å². The van der Waals surface area contributed by atoms with Crippen molar-refractivity contribution < 1.29 is 14.7 Å². The van der Waals surface area contributed by atoms with Crippen molar-refractivity contribution in [2.45, 2.75) is 52.9 Å². The van der Waals surface area contributed by atoms with Crippen molar-refractivity contribution in [1.29, 1.82) is 0 Å². The summed E-state index contributed by atoms with van der Waals surface area (Å²) in [5.74, 6) is -0.557. The fraction of sp³-hybridized carbons (Fsp3) is 0.833. The first kappa shape index (κ1) is 14.1. The fourth-order valence-electron chi connectivity index (χ4n) is 1.40. The topological polar surface area (TPSA) is 54.4 Å². The summed E-state index contributed by atoms with van der Waals surface area (Å²) < 4.78 is 0. The molecule has 2 unspecified atom stereocenters. The largest absolute Gasteiger partial charge is 0.481 e. The number of aliphatic carboxylic acids is 1. The number of hydrogen-bond acceptors (Lipinski definition) is 2. The molecule has 0 radical (unpaired) electrons. The van der Waals surface area contributed by atoms with Gasteiger partial charge in [-0.25, -0.2) is 0 Å². The highest BCUT2D eigenvalue weighted by molar-refractivity contribution is 5.77. The van der Waals surface area contributed by atoms with Gasteiger partial charge in [-0.15, -0.1) is 0 Å². The molecule has 0 aliphatic heterocycles. The molecule has 0 saturated carbocycles. The zero-order chi connectivity index (χ0) is 11.8. The molecule has 0 spiro atoms. The second kappa shape index (κ2) is 7.43. The lowest BCUT2D eigenvalue weighted by Gasteiger charge is -2.08. The van der Waals surface area contributed by atoms with Gasteiger partial charge in [0.25, 0.3) is 0 Å². The summed E-state index contributed by atoms with van der Waals surface area (Å²) in [5, 5.41) is 8.65. The Morgan fingerprint density at radius 3 is 1.87 bits per heavy atom. The first-order chi connectivity index (χ1) is 6.95. The zero-order valence-electron chi connectivity index (χ0n) is 9.95. The molecular weight excluding hydrogens is 192 g/mol. The highest BCUT2D eigenvalue weighted by atomic mass is 16.4. The number of carboxylic acid groups (broad SMARTS) is 1. The van der Waals surface area contributed by atoms with Crippen molar-refractivity contribution in [2.75, 3.05) is 0 Å². The summed E-state index contributed by atoms with van der Waals surface area (Å²) in [7, 11) is 0. The van der Waals surface area contributed by atoms with Crippen molar-refractivity contribution in [3.05, 3.63) is 0 Å². The van der Waals surface area contributed by atoms with E-state index in [-0.39, 0.29) is 17.6 Å². The summed E-state index contributed by atoms with van der Waals surface area (Å²) in [6, 6.07) is 0. The van der Waals surface area contributed by atoms with Gasteiger partial charge in [0.2, 0.25) is 0 Å². The first-order valence-corrected chi connectivity index (χ1v) is 5.68. The fourth-order valence-corrected chi connectivity index (χ4v) is 1.40. The van der Waals surface area contributed by atoms with Gasteiger partial charge in [-0.05, 0) is 19.8 Å². The Hall–Kier alpha value is -0.860. The number of carboxylic acids is 1. The van der Waals surface area contributed by atoms with Crippen LogP contribution in [0.4, 0.5) is 0 Å². The molecule has 0 aromatic rings. The van der Waals surface area contributed by atoms with Crippen LogP contribution in [0.3, 0.4) is 0 Å². The molecule has 0 aliphatic rings. The van der Waals surface area contributed by atoms with E-state index in [0.29, 0.717) is 0 Å². The van der Waals surface area contributed by atoms with Gasteiger partial charge in [0.15, 0.2) is 0 Å². The Kier molecular flexibility index (Phi) is 7.01. The van der Waals surface area contributed by atoms with Gasteiger partial charge in [0.1, 0.15) is 5.78 Å². The molecule has 0 aromatic carbocycles. The molecule has 3 nitrogen and oxygen atoms in total. The SMILES string of the molecule is CC(=O)C(C)CCCCCC(C)C(=O)O. The minimum Gasteiger partial charge on any atom is -0.481 e. The molecule has 3 heteroatoms. The van der Waals surface area contributed by atoms with E-state index < -0.39 is 5.97 Å². The Labute approximate surface area is 91.9 Å². The van der Waals surface area contributed by atoms with Gasteiger partial charge in [-0.2, -0.15) is 0 Å². The zero-order valence-corrected chi connectivity index (χ0v) is 9.95. The van der Waals surface area contributed by atoms with Gasteiger partial charge in [-0.1, -0.05) is 33.1 Å². The predicted molar refractivity (Wildman–Crippen MR) is 59.7 cm³/mol. The van der Waals surface area contributed by atoms with Gasteiger partial charge in [0, 0.05) is 5.92 Å². The lowest BCUT2D eigenvalue weighted by molar-refractivity contribution is -0.141. The van der Waals surface area contributed by atoms with E-state index >= 15 is 0 Å². The van der Waals surface area contributed by atoms with Crippen LogP contribution in [0.25, 0.3) is 0 Å². The number of carbonyl (C=O) groups excluding carboxylic acids is 1. The molecule has 2 atom stereocenters. The number of hydrogen-bond donors (Lipinski definition) is 1. The second-order valence-corrected chi connectivity index (χ2v) is 4.39. The third-order valence-corrected chi connectivity index (χ3v) is 2.89. The van der Waals surface area contributed by atoms with Crippen LogP contribution in [0.15, 0.2) is 0 Å².